The summed E-state index contributed by atoms with van der Waals surface area (Å²) in [6.45, 7) is 0.666. The van der Waals surface area contributed by atoms with Crippen LogP contribution in [0.3, 0.4) is 0 Å². The Morgan fingerprint density at radius 3 is 2.64 bits per heavy atom. The van der Waals surface area contributed by atoms with Crippen LogP contribution in [0.4, 0.5) is 17.7 Å². The summed E-state index contributed by atoms with van der Waals surface area (Å²) in [6.07, 6.45) is 1.51. The van der Waals surface area contributed by atoms with Crippen molar-refractivity contribution >= 4 is 39.9 Å². The lowest BCUT2D eigenvalue weighted by molar-refractivity contribution is 0.953. The van der Waals surface area contributed by atoms with Crippen LogP contribution in [0.5, 0.6) is 0 Å². The van der Waals surface area contributed by atoms with Crippen LogP contribution in [0.15, 0.2) is 60.9 Å². The highest BCUT2D eigenvalue weighted by atomic mass is 15.3. The molecule has 0 spiro atoms. The summed E-state index contributed by atoms with van der Waals surface area (Å²) in [4.78, 5) is 21.0. The molecule has 2 aromatic carbocycles. The van der Waals surface area contributed by atoms with Crippen molar-refractivity contribution in [2.75, 3.05) is 10.6 Å². The number of H-pyrrole nitrogens is 1. The molecule has 5 aromatic rings. The van der Waals surface area contributed by atoms with Gasteiger partial charge in [0.05, 0.1) is 11.0 Å². The van der Waals surface area contributed by atoms with Crippen LogP contribution >= 0.6 is 0 Å². The molecule has 0 saturated carbocycles. The van der Waals surface area contributed by atoms with Crippen LogP contribution < -0.4 is 10.6 Å². The summed E-state index contributed by atoms with van der Waals surface area (Å²) in [7, 11) is 1.97. The molecular weight excluding hydrogens is 352 g/mol. The number of hydrogen-bond acceptors (Lipinski definition) is 6. The summed E-state index contributed by atoms with van der Waals surface area (Å²) in [5, 5.41) is 6.58. The van der Waals surface area contributed by atoms with Crippen molar-refractivity contribution in [2.24, 2.45) is 7.05 Å². The van der Waals surface area contributed by atoms with Crippen molar-refractivity contribution in [3.63, 3.8) is 0 Å². The van der Waals surface area contributed by atoms with Gasteiger partial charge in [-0.25, -0.2) is 15.0 Å². The van der Waals surface area contributed by atoms with E-state index in [0.29, 0.717) is 29.9 Å². The molecule has 8 heteroatoms. The average molecular weight is 370 g/mol. The first-order valence-electron chi connectivity index (χ1n) is 8.95. The molecule has 5 rings (SSSR count). The highest BCUT2D eigenvalue weighted by Gasteiger charge is 2.12. The third-order valence-electron chi connectivity index (χ3n) is 4.61. The first-order valence-corrected chi connectivity index (χ1v) is 8.95. The van der Waals surface area contributed by atoms with Gasteiger partial charge in [0.15, 0.2) is 11.5 Å². The quantitative estimate of drug-likeness (QED) is 0.437. The van der Waals surface area contributed by atoms with E-state index in [-0.39, 0.29) is 0 Å². The second-order valence-corrected chi connectivity index (χ2v) is 6.45. The van der Waals surface area contributed by atoms with Crippen molar-refractivity contribution in [2.45, 2.75) is 6.54 Å². The molecule has 0 aliphatic rings. The maximum atomic E-state index is 4.62. The lowest BCUT2D eigenvalue weighted by Gasteiger charge is -2.05. The van der Waals surface area contributed by atoms with Crippen LogP contribution in [0.2, 0.25) is 0 Å². The van der Waals surface area contributed by atoms with Gasteiger partial charge in [0.2, 0.25) is 11.9 Å². The minimum Gasteiger partial charge on any atom is -0.364 e. The van der Waals surface area contributed by atoms with Crippen molar-refractivity contribution in [1.29, 1.82) is 0 Å². The molecule has 0 unspecified atom stereocenters. The number of para-hydroxylation sites is 2. The number of anilines is 3. The number of nitrogens with one attached hydrogen (secondary N) is 3. The zero-order valence-electron chi connectivity index (χ0n) is 15.2. The number of hydrogen-bond donors (Lipinski definition) is 3. The van der Waals surface area contributed by atoms with Crippen molar-refractivity contribution in [3.05, 3.63) is 66.5 Å². The highest BCUT2D eigenvalue weighted by Crippen LogP contribution is 2.23. The molecule has 0 amide bonds. The number of imidazole rings is 2. The largest absolute Gasteiger partial charge is 0.364 e. The number of rotatable bonds is 5. The van der Waals surface area contributed by atoms with Gasteiger partial charge in [-0.05, 0) is 17.7 Å². The topological polar surface area (TPSA) is 96.3 Å². The molecule has 3 aromatic heterocycles. The predicted octanol–water partition coefficient (Wildman–Crippen LogP) is 3.60. The Hall–Kier alpha value is -3.94. The summed E-state index contributed by atoms with van der Waals surface area (Å²) >= 11 is 0. The van der Waals surface area contributed by atoms with Gasteiger partial charge in [-0.1, -0.05) is 42.5 Å². The number of benzene rings is 2. The van der Waals surface area contributed by atoms with E-state index < -0.39 is 0 Å². The van der Waals surface area contributed by atoms with Gasteiger partial charge >= 0.3 is 0 Å². The van der Waals surface area contributed by atoms with Gasteiger partial charge in [-0.3, -0.25) is 5.32 Å². The third kappa shape index (κ3) is 2.90. The molecule has 0 aliphatic heterocycles. The predicted molar refractivity (Wildman–Crippen MR) is 109 cm³/mol. The monoisotopic (exact) mass is 370 g/mol. The number of nitrogens with zero attached hydrogens (tertiary/aromatic N) is 5. The standard InChI is InChI=1S/C20H18N8/c1-28-15-10-6-5-9-14(15)24-20(28)27-19-25-16-17(22-12-23-18(16)26-19)21-11-13-7-3-2-4-8-13/h2-10,12H,11H2,1H3,(H3,21,22,23,24,25,26,27). The molecule has 28 heavy (non-hydrogen) atoms. The fourth-order valence-corrected chi connectivity index (χ4v) is 3.17. The van der Waals surface area contributed by atoms with Gasteiger partial charge < -0.3 is 14.9 Å². The molecule has 3 N–H and O–H groups in total. The third-order valence-corrected chi connectivity index (χ3v) is 4.61. The molecule has 0 saturated heterocycles. The number of aromatic amines is 1. The Morgan fingerprint density at radius 2 is 1.79 bits per heavy atom. The van der Waals surface area contributed by atoms with Crippen LogP contribution in [0.1, 0.15) is 5.56 Å². The van der Waals surface area contributed by atoms with E-state index in [1.165, 1.54) is 11.9 Å². The molecule has 0 atom stereocenters. The summed E-state index contributed by atoms with van der Waals surface area (Å²) < 4.78 is 1.99. The summed E-state index contributed by atoms with van der Waals surface area (Å²) in [6, 6.07) is 18.1. The van der Waals surface area contributed by atoms with Gasteiger partial charge in [0, 0.05) is 13.6 Å². The maximum Gasteiger partial charge on any atom is 0.210 e. The number of fused-ring (bicyclic) bond motifs is 2. The molecule has 0 bridgehead atoms. The van der Waals surface area contributed by atoms with Crippen LogP contribution in [-0.2, 0) is 13.6 Å². The zero-order chi connectivity index (χ0) is 18.9. The van der Waals surface area contributed by atoms with Gasteiger partial charge in [0.25, 0.3) is 0 Å². The maximum absolute atomic E-state index is 4.62. The van der Waals surface area contributed by atoms with E-state index in [2.05, 4.69) is 47.7 Å². The Bertz CT molecular complexity index is 1260. The van der Waals surface area contributed by atoms with Crippen molar-refractivity contribution in [1.82, 2.24) is 29.5 Å². The van der Waals surface area contributed by atoms with Crippen molar-refractivity contribution in [3.8, 4) is 0 Å². The van der Waals surface area contributed by atoms with Crippen molar-refractivity contribution < 1.29 is 0 Å². The van der Waals surface area contributed by atoms with Gasteiger partial charge in [0.1, 0.15) is 11.8 Å². The fourth-order valence-electron chi connectivity index (χ4n) is 3.17. The molecule has 0 aliphatic carbocycles. The van der Waals surface area contributed by atoms with E-state index in [4.69, 9.17) is 0 Å². The lowest BCUT2D eigenvalue weighted by atomic mass is 10.2. The Kier molecular flexibility index (Phi) is 3.86. The SMILES string of the molecule is Cn1c(Nc2nc3ncnc(NCc4ccccc4)c3[nH]2)nc2ccccc21. The normalized spacial score (nSPS) is 11.2. The summed E-state index contributed by atoms with van der Waals surface area (Å²) in [5.41, 5.74) is 4.48. The Labute approximate surface area is 160 Å². The number of aryl methyl sites for hydroxylation is 1. The first-order chi connectivity index (χ1) is 13.8. The lowest BCUT2D eigenvalue weighted by Crippen LogP contribution is -2.02. The molecule has 0 fully saturated rings. The minimum absolute atomic E-state index is 0.566. The average Bonchev–Trinajstić information content (AvgIpc) is 3.28. The summed E-state index contributed by atoms with van der Waals surface area (Å²) in [5.74, 6) is 1.98. The Morgan fingerprint density at radius 1 is 0.964 bits per heavy atom. The molecule has 3 heterocycles. The molecule has 8 nitrogen and oxygen atoms in total. The van der Waals surface area contributed by atoms with E-state index in [1.54, 1.807) is 0 Å². The highest BCUT2D eigenvalue weighted by molar-refractivity contribution is 5.85. The molecule has 0 radical (unpaired) electrons. The smallest absolute Gasteiger partial charge is 0.210 e. The van der Waals surface area contributed by atoms with E-state index in [0.717, 1.165) is 16.6 Å². The van der Waals surface area contributed by atoms with Crippen LogP contribution in [0, 0.1) is 0 Å². The second-order valence-electron chi connectivity index (χ2n) is 6.45. The minimum atomic E-state index is 0.566. The number of aromatic nitrogens is 6. The zero-order valence-corrected chi connectivity index (χ0v) is 15.2. The van der Waals surface area contributed by atoms with Gasteiger partial charge in [-0.15, -0.1) is 0 Å². The van der Waals surface area contributed by atoms with E-state index in [1.807, 2.05) is 54.1 Å². The van der Waals surface area contributed by atoms with E-state index >= 15 is 0 Å². The van der Waals surface area contributed by atoms with Crippen LogP contribution in [-0.4, -0.2) is 29.5 Å². The first kappa shape index (κ1) is 16.2. The van der Waals surface area contributed by atoms with Gasteiger partial charge in [-0.2, -0.15) is 4.98 Å². The van der Waals surface area contributed by atoms with E-state index in [9.17, 15) is 0 Å². The Balaban J connectivity index is 1.44. The van der Waals surface area contributed by atoms with Crippen LogP contribution in [0.25, 0.3) is 22.2 Å². The molecular formula is C20H18N8. The second kappa shape index (κ2) is 6.66. The molecule has 138 valence electrons. The fraction of sp³-hybridized carbons (Fsp3) is 0.100.